The summed E-state index contributed by atoms with van der Waals surface area (Å²) < 4.78 is 0. The van der Waals surface area contributed by atoms with Gasteiger partial charge in [0.15, 0.2) is 5.69 Å². The monoisotopic (exact) mass is 381 g/mol. The van der Waals surface area contributed by atoms with Crippen LogP contribution < -0.4 is 0 Å². The lowest BCUT2D eigenvalue weighted by molar-refractivity contribution is -0.128. The number of amides is 4. The summed E-state index contributed by atoms with van der Waals surface area (Å²) in [4.78, 5) is 42.9. The minimum atomic E-state index is -0.315. The summed E-state index contributed by atoms with van der Waals surface area (Å²) in [6, 6.07) is 7.15. The molecule has 0 radical (unpaired) electrons. The number of aromatic nitrogens is 2. The molecule has 0 aliphatic carbocycles. The van der Waals surface area contributed by atoms with Gasteiger partial charge in [-0.25, -0.2) is 4.79 Å². The van der Waals surface area contributed by atoms with E-state index < -0.39 is 0 Å². The van der Waals surface area contributed by atoms with Crippen LogP contribution in [0.5, 0.6) is 0 Å². The van der Waals surface area contributed by atoms with Gasteiger partial charge in [-0.3, -0.25) is 19.6 Å². The van der Waals surface area contributed by atoms with Crippen LogP contribution >= 0.6 is 0 Å². The molecule has 2 aromatic rings. The second-order valence-electron chi connectivity index (χ2n) is 8.12. The van der Waals surface area contributed by atoms with Gasteiger partial charge >= 0.3 is 6.03 Å². The number of imide groups is 1. The summed E-state index contributed by atoms with van der Waals surface area (Å²) in [6.45, 7) is 4.13. The molecular weight excluding hydrogens is 358 g/mol. The van der Waals surface area contributed by atoms with E-state index in [1.54, 1.807) is 4.90 Å². The summed E-state index contributed by atoms with van der Waals surface area (Å²) in [7, 11) is 0. The normalized spacial score (nSPS) is 23.9. The van der Waals surface area contributed by atoms with E-state index in [4.69, 9.17) is 0 Å². The Bertz CT molecular complexity index is 949. The first kappa shape index (κ1) is 17.2. The summed E-state index contributed by atoms with van der Waals surface area (Å²) >= 11 is 0. The van der Waals surface area contributed by atoms with Gasteiger partial charge in [0.1, 0.15) is 6.04 Å². The van der Waals surface area contributed by atoms with Crippen molar-refractivity contribution in [3.63, 3.8) is 0 Å². The first-order chi connectivity index (χ1) is 13.5. The summed E-state index contributed by atoms with van der Waals surface area (Å²) in [5.74, 6) is -0.124. The van der Waals surface area contributed by atoms with Gasteiger partial charge in [-0.1, -0.05) is 18.2 Å². The molecule has 3 aliphatic heterocycles. The third-order valence-electron chi connectivity index (χ3n) is 6.64. The van der Waals surface area contributed by atoms with Gasteiger partial charge in [-0.15, -0.1) is 0 Å². The Hall–Kier alpha value is -2.90. The molecule has 8 heteroatoms. The van der Waals surface area contributed by atoms with Crippen LogP contribution in [0.1, 0.15) is 36.7 Å². The number of likely N-dealkylation sites (tertiary alicyclic amines) is 1. The predicted octanol–water partition coefficient (Wildman–Crippen LogP) is 1.84. The van der Waals surface area contributed by atoms with E-state index in [1.807, 2.05) is 36.1 Å². The first-order valence-corrected chi connectivity index (χ1v) is 9.87. The van der Waals surface area contributed by atoms with E-state index >= 15 is 0 Å². The van der Waals surface area contributed by atoms with Crippen molar-refractivity contribution >= 4 is 28.7 Å². The molecule has 1 aromatic heterocycles. The lowest BCUT2D eigenvalue weighted by atomic mass is 9.76. The van der Waals surface area contributed by atoms with Crippen molar-refractivity contribution in [3.05, 3.63) is 30.0 Å². The van der Waals surface area contributed by atoms with Gasteiger partial charge in [-0.05, 0) is 37.7 Å². The average Bonchev–Trinajstić information content (AvgIpc) is 3.35. The minimum absolute atomic E-state index is 0.0553. The van der Waals surface area contributed by atoms with Gasteiger partial charge in [0.25, 0.3) is 11.8 Å². The lowest BCUT2D eigenvalue weighted by Gasteiger charge is -2.39. The number of carbonyl (C=O) groups excluding carboxylic acids is 3. The fourth-order valence-corrected chi connectivity index (χ4v) is 5.02. The summed E-state index contributed by atoms with van der Waals surface area (Å²) in [6.07, 6.45) is 2.32. The van der Waals surface area contributed by atoms with E-state index in [0.29, 0.717) is 38.3 Å². The highest BCUT2D eigenvalue weighted by molar-refractivity contribution is 6.05. The van der Waals surface area contributed by atoms with Crippen molar-refractivity contribution in [1.82, 2.24) is 24.9 Å². The van der Waals surface area contributed by atoms with Crippen LogP contribution in [-0.4, -0.2) is 75.0 Å². The molecule has 8 nitrogen and oxygen atoms in total. The molecule has 1 aromatic carbocycles. The van der Waals surface area contributed by atoms with Crippen LogP contribution in [0.15, 0.2) is 24.3 Å². The molecule has 28 heavy (non-hydrogen) atoms. The van der Waals surface area contributed by atoms with E-state index in [0.717, 1.165) is 23.7 Å². The number of fused-ring (bicyclic) bond motifs is 2. The van der Waals surface area contributed by atoms with Crippen molar-refractivity contribution in [1.29, 1.82) is 0 Å². The summed E-state index contributed by atoms with van der Waals surface area (Å²) in [5, 5.41) is 7.98. The van der Waals surface area contributed by atoms with Crippen LogP contribution in [0, 0.1) is 5.41 Å². The standard InChI is InChI=1S/C20H23N5O3/c1-2-24-17(26)15-11-20(12-25(15)19(24)28)7-9-23(10-8-20)18(27)16-13-5-3-4-6-14(13)21-22-16/h3-6,15H,2,7-12H2,1H3,(H,21,22). The molecule has 1 atom stereocenters. The maximum atomic E-state index is 13.0. The lowest BCUT2D eigenvalue weighted by Crippen LogP contribution is -2.45. The van der Waals surface area contributed by atoms with Crippen LogP contribution in [-0.2, 0) is 4.79 Å². The Balaban J connectivity index is 1.29. The van der Waals surface area contributed by atoms with Crippen LogP contribution in [0.25, 0.3) is 10.9 Å². The van der Waals surface area contributed by atoms with Crippen molar-refractivity contribution in [2.45, 2.75) is 32.2 Å². The molecule has 0 saturated carbocycles. The number of aromatic amines is 1. The van der Waals surface area contributed by atoms with Crippen LogP contribution in [0.2, 0.25) is 0 Å². The Morgan fingerprint density at radius 2 is 2.00 bits per heavy atom. The van der Waals surface area contributed by atoms with Crippen molar-refractivity contribution in [2.24, 2.45) is 5.41 Å². The highest BCUT2D eigenvalue weighted by Crippen LogP contribution is 2.46. The number of likely N-dealkylation sites (N-methyl/N-ethyl adjacent to an activating group) is 1. The number of piperidine rings is 1. The molecule has 146 valence electrons. The number of nitrogens with one attached hydrogen (secondary N) is 1. The third-order valence-corrected chi connectivity index (χ3v) is 6.64. The molecule has 1 unspecified atom stereocenters. The SMILES string of the molecule is CCN1C(=O)C2CC3(CCN(C(=O)c4n[nH]c5ccccc45)CC3)CN2C1=O. The zero-order valence-electron chi connectivity index (χ0n) is 15.9. The zero-order chi connectivity index (χ0) is 19.5. The Morgan fingerprint density at radius 1 is 1.25 bits per heavy atom. The van der Waals surface area contributed by atoms with Gasteiger partial charge in [0.05, 0.1) is 5.52 Å². The minimum Gasteiger partial charge on any atom is -0.337 e. The molecule has 4 heterocycles. The smallest absolute Gasteiger partial charge is 0.327 e. The van der Waals surface area contributed by atoms with Crippen molar-refractivity contribution < 1.29 is 14.4 Å². The second kappa shape index (κ2) is 6.05. The van der Waals surface area contributed by atoms with Gasteiger partial charge < -0.3 is 9.80 Å². The Labute approximate surface area is 162 Å². The van der Waals surface area contributed by atoms with E-state index in [9.17, 15) is 14.4 Å². The van der Waals surface area contributed by atoms with Gasteiger partial charge in [0.2, 0.25) is 0 Å². The fraction of sp³-hybridized carbons (Fsp3) is 0.500. The van der Waals surface area contributed by atoms with E-state index in [1.165, 1.54) is 4.90 Å². The zero-order valence-corrected chi connectivity index (χ0v) is 15.9. The predicted molar refractivity (Wildman–Crippen MR) is 102 cm³/mol. The van der Waals surface area contributed by atoms with E-state index in [-0.39, 0.29) is 29.3 Å². The third kappa shape index (κ3) is 2.36. The first-order valence-electron chi connectivity index (χ1n) is 9.87. The molecule has 5 rings (SSSR count). The number of para-hydroxylation sites is 1. The molecule has 3 aliphatic rings. The van der Waals surface area contributed by atoms with Crippen LogP contribution in [0.3, 0.4) is 0 Å². The maximum Gasteiger partial charge on any atom is 0.327 e. The van der Waals surface area contributed by atoms with Crippen molar-refractivity contribution in [3.8, 4) is 0 Å². The van der Waals surface area contributed by atoms with E-state index in [2.05, 4.69) is 10.2 Å². The number of urea groups is 1. The highest BCUT2D eigenvalue weighted by Gasteiger charge is 2.56. The topological polar surface area (TPSA) is 89.6 Å². The molecule has 0 bridgehead atoms. The molecule has 1 spiro atoms. The average molecular weight is 381 g/mol. The molecular formula is C20H23N5O3. The molecule has 4 amide bonds. The Morgan fingerprint density at radius 3 is 2.71 bits per heavy atom. The molecule has 1 N–H and O–H groups in total. The number of rotatable bonds is 2. The van der Waals surface area contributed by atoms with Crippen LogP contribution in [0.4, 0.5) is 4.79 Å². The number of benzene rings is 1. The highest BCUT2D eigenvalue weighted by atomic mass is 16.2. The molecule has 3 saturated heterocycles. The number of nitrogens with zero attached hydrogens (tertiary/aromatic N) is 4. The number of hydrogen-bond donors (Lipinski definition) is 1. The second-order valence-corrected chi connectivity index (χ2v) is 8.12. The molecule has 3 fully saturated rings. The number of carbonyl (C=O) groups is 3. The maximum absolute atomic E-state index is 13.0. The number of hydrogen-bond acceptors (Lipinski definition) is 4. The summed E-state index contributed by atoms with van der Waals surface area (Å²) in [5.41, 5.74) is 1.26. The quantitative estimate of drug-likeness (QED) is 0.804. The number of H-pyrrole nitrogens is 1. The largest absolute Gasteiger partial charge is 0.337 e. The van der Waals surface area contributed by atoms with Crippen molar-refractivity contribution in [2.75, 3.05) is 26.2 Å². The fourth-order valence-electron chi connectivity index (χ4n) is 5.02. The van der Waals surface area contributed by atoms with Gasteiger partial charge in [-0.2, -0.15) is 5.10 Å². The van der Waals surface area contributed by atoms with Gasteiger partial charge in [0, 0.05) is 31.6 Å². The Kier molecular flexibility index (Phi) is 3.72.